The van der Waals surface area contributed by atoms with Gasteiger partial charge >= 0.3 is 5.97 Å². The number of carboxylic acids is 1. The van der Waals surface area contributed by atoms with Crippen LogP contribution in [0.2, 0.25) is 0 Å². The average Bonchev–Trinajstić information content (AvgIpc) is 2.33. The first-order valence-electron chi connectivity index (χ1n) is 5.33. The van der Waals surface area contributed by atoms with Gasteiger partial charge in [-0.2, -0.15) is 0 Å². The second-order valence-corrected chi connectivity index (χ2v) is 3.79. The van der Waals surface area contributed by atoms with Crippen molar-refractivity contribution in [3.05, 3.63) is 59.7 Å². The summed E-state index contributed by atoms with van der Waals surface area (Å²) in [5, 5.41) is 12.3. The van der Waals surface area contributed by atoms with Crippen molar-refractivity contribution >= 4 is 17.3 Å². The lowest BCUT2D eigenvalue weighted by Crippen LogP contribution is -2.04. The summed E-state index contributed by atoms with van der Waals surface area (Å²) in [6.07, 6.45) is 0. The maximum absolute atomic E-state index is 11.1. The number of hydrogen-bond acceptors (Lipinski definition) is 2. The van der Waals surface area contributed by atoms with E-state index in [0.29, 0.717) is 5.69 Å². The van der Waals surface area contributed by atoms with E-state index < -0.39 is 5.97 Å². The molecule has 2 rings (SSSR count). The highest BCUT2D eigenvalue weighted by molar-refractivity contribution is 5.96. The summed E-state index contributed by atoms with van der Waals surface area (Å²) in [6, 6.07) is 14.8. The number of anilines is 2. The first kappa shape index (κ1) is 11.2. The predicted octanol–water partition coefficient (Wildman–Crippen LogP) is 3.44. The maximum atomic E-state index is 11.1. The van der Waals surface area contributed by atoms with Gasteiger partial charge in [-0.05, 0) is 30.7 Å². The molecule has 0 saturated carbocycles. The molecule has 0 saturated heterocycles. The van der Waals surface area contributed by atoms with E-state index in [1.807, 2.05) is 43.3 Å². The van der Waals surface area contributed by atoms with Crippen molar-refractivity contribution in [2.45, 2.75) is 6.92 Å². The highest BCUT2D eigenvalue weighted by Gasteiger charge is 2.11. The molecule has 2 N–H and O–H groups in total. The molecule has 0 bridgehead atoms. The molecule has 0 amide bonds. The van der Waals surface area contributed by atoms with Crippen LogP contribution in [-0.2, 0) is 0 Å². The van der Waals surface area contributed by atoms with Crippen LogP contribution in [0.5, 0.6) is 0 Å². The lowest BCUT2D eigenvalue weighted by atomic mass is 10.1. The van der Waals surface area contributed by atoms with E-state index in [0.717, 1.165) is 11.3 Å². The molecule has 2 aromatic carbocycles. The molecular weight excluding hydrogens is 214 g/mol. The summed E-state index contributed by atoms with van der Waals surface area (Å²) in [5.41, 5.74) is 2.72. The molecule has 0 aliphatic rings. The number of benzene rings is 2. The van der Waals surface area contributed by atoms with Gasteiger partial charge in [0.1, 0.15) is 0 Å². The van der Waals surface area contributed by atoms with Gasteiger partial charge in [-0.1, -0.05) is 30.3 Å². The zero-order valence-electron chi connectivity index (χ0n) is 9.47. The fourth-order valence-corrected chi connectivity index (χ4v) is 1.68. The highest BCUT2D eigenvalue weighted by atomic mass is 16.4. The van der Waals surface area contributed by atoms with Crippen molar-refractivity contribution in [1.29, 1.82) is 0 Å². The molecule has 17 heavy (non-hydrogen) atoms. The molecule has 86 valence electrons. The van der Waals surface area contributed by atoms with Crippen LogP contribution in [0.3, 0.4) is 0 Å². The Labute approximate surface area is 99.7 Å². The molecule has 0 atom stereocenters. The summed E-state index contributed by atoms with van der Waals surface area (Å²) in [7, 11) is 0. The zero-order chi connectivity index (χ0) is 12.3. The van der Waals surface area contributed by atoms with Crippen LogP contribution in [0, 0.1) is 6.92 Å². The Morgan fingerprint density at radius 2 is 1.76 bits per heavy atom. The fourth-order valence-electron chi connectivity index (χ4n) is 1.68. The van der Waals surface area contributed by atoms with E-state index in [1.54, 1.807) is 12.1 Å². The monoisotopic (exact) mass is 227 g/mol. The summed E-state index contributed by atoms with van der Waals surface area (Å²) >= 11 is 0. The Bertz CT molecular complexity index is 535. The number of rotatable bonds is 3. The Hall–Kier alpha value is -2.29. The molecule has 3 heteroatoms. The SMILES string of the molecule is Cc1cccc(C(=O)O)c1Nc1ccccc1. The lowest BCUT2D eigenvalue weighted by Gasteiger charge is -2.12. The van der Waals surface area contributed by atoms with Crippen LogP contribution in [-0.4, -0.2) is 11.1 Å². The molecule has 3 nitrogen and oxygen atoms in total. The quantitative estimate of drug-likeness (QED) is 0.844. The summed E-state index contributed by atoms with van der Waals surface area (Å²) in [4.78, 5) is 11.1. The molecule has 0 spiro atoms. The van der Waals surface area contributed by atoms with E-state index in [1.165, 1.54) is 0 Å². The van der Waals surface area contributed by atoms with Gasteiger partial charge in [0.15, 0.2) is 0 Å². The Morgan fingerprint density at radius 1 is 1.06 bits per heavy atom. The molecule has 2 aromatic rings. The van der Waals surface area contributed by atoms with Gasteiger partial charge in [0.2, 0.25) is 0 Å². The molecule has 0 heterocycles. The summed E-state index contributed by atoms with van der Waals surface area (Å²) < 4.78 is 0. The van der Waals surface area contributed by atoms with Gasteiger partial charge in [-0.25, -0.2) is 4.79 Å². The molecule has 0 fully saturated rings. The van der Waals surface area contributed by atoms with Crippen LogP contribution in [0.1, 0.15) is 15.9 Å². The molecule has 0 aromatic heterocycles. The Morgan fingerprint density at radius 3 is 2.41 bits per heavy atom. The first-order chi connectivity index (χ1) is 8.18. The van der Waals surface area contributed by atoms with Crippen LogP contribution in [0.25, 0.3) is 0 Å². The van der Waals surface area contributed by atoms with E-state index >= 15 is 0 Å². The van der Waals surface area contributed by atoms with Gasteiger partial charge in [0, 0.05) is 5.69 Å². The number of hydrogen-bond donors (Lipinski definition) is 2. The number of aryl methyl sites for hydroxylation is 1. The van der Waals surface area contributed by atoms with E-state index in [9.17, 15) is 4.79 Å². The highest BCUT2D eigenvalue weighted by Crippen LogP contribution is 2.24. The van der Waals surface area contributed by atoms with Crippen LogP contribution in [0.15, 0.2) is 48.5 Å². The van der Waals surface area contributed by atoms with Gasteiger partial charge < -0.3 is 10.4 Å². The van der Waals surface area contributed by atoms with Gasteiger partial charge in [0.25, 0.3) is 0 Å². The standard InChI is InChI=1S/C14H13NO2/c1-10-6-5-9-12(14(16)17)13(10)15-11-7-3-2-4-8-11/h2-9,15H,1H3,(H,16,17). The second-order valence-electron chi connectivity index (χ2n) is 3.79. The van der Waals surface area contributed by atoms with Gasteiger partial charge in [-0.15, -0.1) is 0 Å². The van der Waals surface area contributed by atoms with Crippen molar-refractivity contribution in [2.75, 3.05) is 5.32 Å². The normalized spacial score (nSPS) is 9.94. The van der Waals surface area contributed by atoms with E-state index in [4.69, 9.17) is 5.11 Å². The third-order valence-electron chi connectivity index (χ3n) is 2.55. The van der Waals surface area contributed by atoms with Crippen molar-refractivity contribution in [2.24, 2.45) is 0 Å². The predicted molar refractivity (Wildman–Crippen MR) is 67.9 cm³/mol. The number of carbonyl (C=O) groups is 1. The fraction of sp³-hybridized carbons (Fsp3) is 0.0714. The Balaban J connectivity index is 2.41. The lowest BCUT2D eigenvalue weighted by molar-refractivity contribution is 0.0698. The van der Waals surface area contributed by atoms with Crippen molar-refractivity contribution in [3.8, 4) is 0 Å². The third-order valence-corrected chi connectivity index (χ3v) is 2.55. The Kier molecular flexibility index (Phi) is 3.10. The minimum absolute atomic E-state index is 0.286. The van der Waals surface area contributed by atoms with E-state index in [2.05, 4.69) is 5.32 Å². The number of carboxylic acid groups (broad SMARTS) is 1. The summed E-state index contributed by atoms with van der Waals surface area (Å²) in [5.74, 6) is -0.924. The van der Waals surface area contributed by atoms with Crippen LogP contribution in [0.4, 0.5) is 11.4 Å². The number of aromatic carboxylic acids is 1. The van der Waals surface area contributed by atoms with Crippen LogP contribution >= 0.6 is 0 Å². The molecule has 0 aliphatic carbocycles. The van der Waals surface area contributed by atoms with Gasteiger partial charge in [-0.3, -0.25) is 0 Å². The number of nitrogens with one attached hydrogen (secondary N) is 1. The molecular formula is C14H13NO2. The topological polar surface area (TPSA) is 49.3 Å². The molecule has 0 unspecified atom stereocenters. The number of para-hydroxylation sites is 2. The molecule has 0 aliphatic heterocycles. The maximum Gasteiger partial charge on any atom is 0.337 e. The minimum Gasteiger partial charge on any atom is -0.478 e. The van der Waals surface area contributed by atoms with Crippen LogP contribution < -0.4 is 5.32 Å². The minimum atomic E-state index is -0.924. The average molecular weight is 227 g/mol. The molecule has 0 radical (unpaired) electrons. The largest absolute Gasteiger partial charge is 0.478 e. The van der Waals surface area contributed by atoms with Crippen molar-refractivity contribution < 1.29 is 9.90 Å². The van der Waals surface area contributed by atoms with E-state index in [-0.39, 0.29) is 5.56 Å². The second kappa shape index (κ2) is 4.70. The van der Waals surface area contributed by atoms with Gasteiger partial charge in [0.05, 0.1) is 11.3 Å². The van der Waals surface area contributed by atoms with Crippen molar-refractivity contribution in [1.82, 2.24) is 0 Å². The van der Waals surface area contributed by atoms with Crippen molar-refractivity contribution in [3.63, 3.8) is 0 Å². The zero-order valence-corrected chi connectivity index (χ0v) is 9.47. The summed E-state index contributed by atoms with van der Waals surface area (Å²) in [6.45, 7) is 1.89. The third kappa shape index (κ3) is 2.45. The first-order valence-corrected chi connectivity index (χ1v) is 5.33. The smallest absolute Gasteiger partial charge is 0.337 e.